The normalized spacial score (nSPS) is 16.6. The van der Waals surface area contributed by atoms with E-state index in [1.807, 2.05) is 4.90 Å². The Balaban J connectivity index is 2.13. The number of piperazine rings is 1. The van der Waals surface area contributed by atoms with E-state index < -0.39 is 5.97 Å². The number of benzene rings is 1. The third-order valence-electron chi connectivity index (χ3n) is 3.32. The Morgan fingerprint density at radius 3 is 2.53 bits per heavy atom. The van der Waals surface area contributed by atoms with Crippen LogP contribution in [0.15, 0.2) is 18.2 Å². The molecule has 104 valence electrons. The Morgan fingerprint density at radius 1 is 1.26 bits per heavy atom. The van der Waals surface area contributed by atoms with Crippen molar-refractivity contribution in [2.24, 2.45) is 0 Å². The van der Waals surface area contributed by atoms with Crippen molar-refractivity contribution in [3.05, 3.63) is 28.8 Å². The van der Waals surface area contributed by atoms with Crippen LogP contribution in [0.4, 0.5) is 5.69 Å². The minimum atomic E-state index is -0.963. The zero-order chi connectivity index (χ0) is 13.8. The van der Waals surface area contributed by atoms with Gasteiger partial charge in [-0.15, -0.1) is 0 Å². The first-order valence-corrected chi connectivity index (χ1v) is 6.60. The van der Waals surface area contributed by atoms with Crippen LogP contribution in [0.25, 0.3) is 0 Å². The summed E-state index contributed by atoms with van der Waals surface area (Å²) < 4.78 is 0. The number of halogens is 1. The van der Waals surface area contributed by atoms with E-state index >= 15 is 0 Å². The van der Waals surface area contributed by atoms with Crippen molar-refractivity contribution in [2.45, 2.75) is 0 Å². The third kappa shape index (κ3) is 3.37. The van der Waals surface area contributed by atoms with Gasteiger partial charge in [0.15, 0.2) is 0 Å². The van der Waals surface area contributed by atoms with Crippen LogP contribution in [0.2, 0.25) is 5.02 Å². The summed E-state index contributed by atoms with van der Waals surface area (Å²) in [6, 6.07) is 4.95. The minimum absolute atomic E-state index is 0.154. The molecule has 1 heterocycles. The maximum absolute atomic E-state index is 11.3. The number of aromatic carboxylic acids is 1. The van der Waals surface area contributed by atoms with Gasteiger partial charge in [0.25, 0.3) is 0 Å². The van der Waals surface area contributed by atoms with Gasteiger partial charge in [0.2, 0.25) is 0 Å². The van der Waals surface area contributed by atoms with Crippen LogP contribution < -0.4 is 4.90 Å². The molecule has 1 aliphatic rings. The van der Waals surface area contributed by atoms with Crippen LogP contribution in [-0.4, -0.2) is 60.4 Å². The van der Waals surface area contributed by atoms with E-state index in [9.17, 15) is 9.90 Å². The Morgan fingerprint density at radius 2 is 1.95 bits per heavy atom. The number of anilines is 1. The highest BCUT2D eigenvalue weighted by molar-refractivity contribution is 6.31. The molecule has 0 atom stereocenters. The Hall–Kier alpha value is -1.30. The molecule has 0 bridgehead atoms. The molecular weight excluding hydrogens is 268 g/mol. The first kappa shape index (κ1) is 14.1. The van der Waals surface area contributed by atoms with E-state index in [1.165, 1.54) is 6.07 Å². The van der Waals surface area contributed by atoms with E-state index in [1.54, 1.807) is 12.1 Å². The van der Waals surface area contributed by atoms with Gasteiger partial charge < -0.3 is 15.1 Å². The van der Waals surface area contributed by atoms with Crippen molar-refractivity contribution in [1.82, 2.24) is 4.90 Å². The fourth-order valence-corrected chi connectivity index (χ4v) is 2.48. The highest BCUT2D eigenvalue weighted by Gasteiger charge is 2.21. The number of hydrogen-bond donors (Lipinski definition) is 2. The molecule has 0 amide bonds. The molecule has 1 aromatic carbocycles. The predicted molar refractivity (Wildman–Crippen MR) is 74.2 cm³/mol. The number of hydrogen-bond acceptors (Lipinski definition) is 4. The fourth-order valence-electron chi connectivity index (χ4n) is 2.31. The molecule has 2 N–H and O–H groups in total. The number of aliphatic hydroxyl groups is 1. The van der Waals surface area contributed by atoms with E-state index in [0.717, 1.165) is 26.2 Å². The zero-order valence-corrected chi connectivity index (χ0v) is 11.3. The standard InChI is InChI=1S/C13H17ClN2O3/c14-10-1-2-12(11(9-10)13(18)19)16-5-3-15(4-6-16)7-8-17/h1-2,9,17H,3-8H2,(H,18,19). The van der Waals surface area contributed by atoms with Gasteiger partial charge in [0.1, 0.15) is 0 Å². The average Bonchev–Trinajstić information content (AvgIpc) is 2.40. The van der Waals surface area contributed by atoms with Crippen LogP contribution in [0.1, 0.15) is 10.4 Å². The monoisotopic (exact) mass is 284 g/mol. The molecule has 0 unspecified atom stereocenters. The molecule has 2 rings (SSSR count). The number of carboxylic acid groups (broad SMARTS) is 1. The summed E-state index contributed by atoms with van der Waals surface area (Å²) in [5.74, 6) is -0.963. The summed E-state index contributed by atoms with van der Waals surface area (Å²) in [6.45, 7) is 3.97. The SMILES string of the molecule is O=C(O)c1cc(Cl)ccc1N1CCN(CCO)CC1. The highest BCUT2D eigenvalue weighted by Crippen LogP contribution is 2.25. The number of rotatable bonds is 4. The van der Waals surface area contributed by atoms with Gasteiger partial charge in [0, 0.05) is 37.7 Å². The molecular formula is C13H17ClN2O3. The molecule has 1 fully saturated rings. The summed E-state index contributed by atoms with van der Waals surface area (Å²) in [5, 5.41) is 18.6. The minimum Gasteiger partial charge on any atom is -0.478 e. The second-order valence-electron chi connectivity index (χ2n) is 4.52. The average molecular weight is 285 g/mol. The van der Waals surface area contributed by atoms with Crippen LogP contribution in [-0.2, 0) is 0 Å². The summed E-state index contributed by atoms with van der Waals surface area (Å²) in [5.41, 5.74) is 0.948. The summed E-state index contributed by atoms with van der Waals surface area (Å²) >= 11 is 5.85. The lowest BCUT2D eigenvalue weighted by molar-refractivity contribution is 0.0697. The van der Waals surface area contributed by atoms with Gasteiger partial charge in [-0.3, -0.25) is 4.90 Å². The van der Waals surface area contributed by atoms with Gasteiger partial charge in [0.05, 0.1) is 17.9 Å². The number of aliphatic hydroxyl groups excluding tert-OH is 1. The number of β-amino-alcohol motifs (C(OH)–C–C–N with tert-alkyl or cyclic N) is 1. The van der Waals surface area contributed by atoms with E-state index in [4.69, 9.17) is 16.7 Å². The second-order valence-corrected chi connectivity index (χ2v) is 4.96. The van der Waals surface area contributed by atoms with Crippen LogP contribution >= 0.6 is 11.6 Å². The first-order valence-electron chi connectivity index (χ1n) is 6.23. The molecule has 5 nitrogen and oxygen atoms in total. The van der Waals surface area contributed by atoms with E-state index in [0.29, 0.717) is 17.3 Å². The Bertz CT molecular complexity index is 459. The summed E-state index contributed by atoms with van der Waals surface area (Å²) in [6.07, 6.45) is 0. The Labute approximate surface area is 117 Å². The molecule has 19 heavy (non-hydrogen) atoms. The van der Waals surface area contributed by atoms with Crippen molar-refractivity contribution >= 4 is 23.3 Å². The summed E-state index contributed by atoms with van der Waals surface area (Å²) in [4.78, 5) is 15.5. The van der Waals surface area contributed by atoms with Crippen molar-refractivity contribution < 1.29 is 15.0 Å². The highest BCUT2D eigenvalue weighted by atomic mass is 35.5. The topological polar surface area (TPSA) is 64.0 Å². The van der Waals surface area contributed by atoms with Gasteiger partial charge >= 0.3 is 5.97 Å². The van der Waals surface area contributed by atoms with Crippen LogP contribution in [0.3, 0.4) is 0 Å². The summed E-state index contributed by atoms with van der Waals surface area (Å²) in [7, 11) is 0. The van der Waals surface area contributed by atoms with Crippen LogP contribution in [0.5, 0.6) is 0 Å². The molecule has 0 aromatic heterocycles. The molecule has 6 heteroatoms. The third-order valence-corrected chi connectivity index (χ3v) is 3.55. The van der Waals surface area contributed by atoms with Gasteiger partial charge in [-0.2, -0.15) is 0 Å². The fraction of sp³-hybridized carbons (Fsp3) is 0.462. The molecule has 1 aliphatic heterocycles. The molecule has 0 saturated carbocycles. The van der Waals surface area contributed by atoms with Crippen molar-refractivity contribution in [1.29, 1.82) is 0 Å². The quantitative estimate of drug-likeness (QED) is 0.868. The van der Waals surface area contributed by atoms with Crippen molar-refractivity contribution in [3.63, 3.8) is 0 Å². The molecule has 1 aromatic rings. The van der Waals surface area contributed by atoms with Gasteiger partial charge in [-0.25, -0.2) is 4.79 Å². The predicted octanol–water partition coefficient (Wildman–Crippen LogP) is 1.15. The smallest absolute Gasteiger partial charge is 0.337 e. The lowest BCUT2D eigenvalue weighted by Crippen LogP contribution is -2.47. The first-order chi connectivity index (χ1) is 9.11. The lowest BCUT2D eigenvalue weighted by Gasteiger charge is -2.36. The molecule has 0 spiro atoms. The van der Waals surface area contributed by atoms with Crippen LogP contribution in [0, 0.1) is 0 Å². The molecule has 0 aliphatic carbocycles. The number of carboxylic acids is 1. The van der Waals surface area contributed by atoms with Crippen molar-refractivity contribution in [3.8, 4) is 0 Å². The maximum Gasteiger partial charge on any atom is 0.337 e. The van der Waals surface area contributed by atoms with Gasteiger partial charge in [-0.05, 0) is 18.2 Å². The molecule has 1 saturated heterocycles. The van der Waals surface area contributed by atoms with Gasteiger partial charge in [-0.1, -0.05) is 11.6 Å². The van der Waals surface area contributed by atoms with E-state index in [2.05, 4.69) is 4.90 Å². The van der Waals surface area contributed by atoms with Crippen molar-refractivity contribution in [2.75, 3.05) is 44.2 Å². The number of nitrogens with zero attached hydrogens (tertiary/aromatic N) is 2. The second kappa shape index (κ2) is 6.23. The largest absolute Gasteiger partial charge is 0.478 e. The lowest BCUT2D eigenvalue weighted by atomic mass is 10.1. The number of carbonyl (C=O) groups is 1. The van der Waals surface area contributed by atoms with E-state index in [-0.39, 0.29) is 12.2 Å². The molecule has 0 radical (unpaired) electrons. The maximum atomic E-state index is 11.3. The Kier molecular flexibility index (Phi) is 4.63. The zero-order valence-electron chi connectivity index (χ0n) is 10.5.